The van der Waals surface area contributed by atoms with Crippen molar-refractivity contribution in [2.45, 2.75) is 26.3 Å². The van der Waals surface area contributed by atoms with Gasteiger partial charge < -0.3 is 15.0 Å². The first-order valence-electron chi connectivity index (χ1n) is 9.34. The Bertz CT molecular complexity index is 875. The fourth-order valence-corrected chi connectivity index (χ4v) is 3.22. The van der Waals surface area contributed by atoms with Gasteiger partial charge in [0.05, 0.1) is 18.4 Å². The number of carbonyl (C=O) groups is 3. The van der Waals surface area contributed by atoms with Gasteiger partial charge in [0.15, 0.2) is 0 Å². The van der Waals surface area contributed by atoms with Crippen molar-refractivity contribution in [3.05, 3.63) is 65.7 Å². The molecule has 28 heavy (non-hydrogen) atoms. The second-order valence-corrected chi connectivity index (χ2v) is 6.88. The van der Waals surface area contributed by atoms with E-state index in [0.29, 0.717) is 31.6 Å². The molecule has 6 nitrogen and oxygen atoms in total. The normalized spacial score (nSPS) is 14.1. The number of anilines is 1. The Hall–Kier alpha value is -3.15. The number of carbonyl (C=O) groups excluding carboxylic acids is 3. The van der Waals surface area contributed by atoms with E-state index in [9.17, 15) is 14.4 Å². The summed E-state index contributed by atoms with van der Waals surface area (Å²) >= 11 is 0. The Kier molecular flexibility index (Phi) is 5.78. The summed E-state index contributed by atoms with van der Waals surface area (Å²) in [5.74, 6) is -1.08. The lowest BCUT2D eigenvalue weighted by atomic mass is 10.0. The molecule has 1 saturated carbocycles. The quantitative estimate of drug-likeness (QED) is 0.591. The summed E-state index contributed by atoms with van der Waals surface area (Å²) in [5.41, 5.74) is 0.571. The molecule has 0 radical (unpaired) electrons. The van der Waals surface area contributed by atoms with E-state index in [0.717, 1.165) is 5.56 Å². The van der Waals surface area contributed by atoms with Crippen LogP contribution in [0.15, 0.2) is 54.6 Å². The molecule has 0 atom stereocenters. The van der Waals surface area contributed by atoms with E-state index in [1.54, 1.807) is 29.2 Å². The summed E-state index contributed by atoms with van der Waals surface area (Å²) in [7, 11) is 1.29. The molecule has 146 valence electrons. The van der Waals surface area contributed by atoms with Crippen molar-refractivity contribution >= 4 is 23.5 Å². The highest BCUT2D eigenvalue weighted by Gasteiger charge is 2.58. The first kappa shape index (κ1) is 19.6. The molecule has 0 unspecified atom stereocenters. The van der Waals surface area contributed by atoms with Gasteiger partial charge in [0.2, 0.25) is 11.8 Å². The SMILES string of the molecule is CCN(Cc1ccccc1)C(=O)C1(C(=O)Nc2ccccc2C(=O)OC)CC1. The van der Waals surface area contributed by atoms with Gasteiger partial charge in [0.25, 0.3) is 0 Å². The summed E-state index contributed by atoms with van der Waals surface area (Å²) in [4.78, 5) is 39.7. The fraction of sp³-hybridized carbons (Fsp3) is 0.318. The van der Waals surface area contributed by atoms with Crippen molar-refractivity contribution < 1.29 is 19.1 Å². The lowest BCUT2D eigenvalue weighted by molar-refractivity contribution is -0.142. The highest BCUT2D eigenvalue weighted by molar-refractivity contribution is 6.14. The average molecular weight is 380 g/mol. The van der Waals surface area contributed by atoms with Gasteiger partial charge in [-0.2, -0.15) is 0 Å². The molecule has 0 saturated heterocycles. The number of amides is 2. The number of nitrogens with zero attached hydrogens (tertiary/aromatic N) is 1. The molecule has 0 aliphatic heterocycles. The third kappa shape index (κ3) is 3.91. The Morgan fingerprint density at radius 2 is 1.68 bits per heavy atom. The van der Waals surface area contributed by atoms with Gasteiger partial charge in [0.1, 0.15) is 5.41 Å². The molecule has 0 heterocycles. The number of esters is 1. The molecule has 0 aromatic heterocycles. The van der Waals surface area contributed by atoms with Gasteiger partial charge in [-0.25, -0.2) is 4.79 Å². The predicted octanol–water partition coefficient (Wildman–Crippen LogP) is 3.24. The van der Waals surface area contributed by atoms with Crippen molar-refractivity contribution in [2.24, 2.45) is 5.41 Å². The molecule has 0 bridgehead atoms. The van der Waals surface area contributed by atoms with Crippen LogP contribution in [0.4, 0.5) is 5.69 Å². The van der Waals surface area contributed by atoms with Crippen molar-refractivity contribution in [2.75, 3.05) is 19.0 Å². The number of ether oxygens (including phenoxy) is 1. The Morgan fingerprint density at radius 3 is 2.29 bits per heavy atom. The summed E-state index contributed by atoms with van der Waals surface area (Å²) < 4.78 is 4.76. The van der Waals surface area contributed by atoms with Gasteiger partial charge in [-0.1, -0.05) is 42.5 Å². The minimum atomic E-state index is -1.06. The molecule has 2 amide bonds. The zero-order valence-electron chi connectivity index (χ0n) is 16.1. The van der Waals surface area contributed by atoms with Crippen LogP contribution in [0.5, 0.6) is 0 Å². The van der Waals surface area contributed by atoms with Crippen molar-refractivity contribution in [3.8, 4) is 0 Å². The maximum absolute atomic E-state index is 13.1. The molecule has 1 aliphatic carbocycles. The van der Waals surface area contributed by atoms with Crippen molar-refractivity contribution in [3.63, 3.8) is 0 Å². The van der Waals surface area contributed by atoms with Gasteiger partial charge in [0, 0.05) is 13.1 Å². The summed E-state index contributed by atoms with van der Waals surface area (Å²) in [6, 6.07) is 16.3. The Balaban J connectivity index is 1.76. The predicted molar refractivity (Wildman–Crippen MR) is 106 cm³/mol. The lowest BCUT2D eigenvalue weighted by Gasteiger charge is -2.26. The maximum Gasteiger partial charge on any atom is 0.339 e. The first-order valence-corrected chi connectivity index (χ1v) is 9.34. The Morgan fingerprint density at radius 1 is 1.04 bits per heavy atom. The van der Waals surface area contributed by atoms with E-state index in [4.69, 9.17) is 4.74 Å². The molecular weight excluding hydrogens is 356 g/mol. The third-order valence-corrected chi connectivity index (χ3v) is 5.06. The number of rotatable bonds is 7. The van der Waals surface area contributed by atoms with Crippen LogP contribution in [-0.2, 0) is 20.9 Å². The number of hydrogen-bond donors (Lipinski definition) is 1. The van der Waals surface area contributed by atoms with Crippen LogP contribution in [-0.4, -0.2) is 36.3 Å². The molecule has 6 heteroatoms. The highest BCUT2D eigenvalue weighted by atomic mass is 16.5. The monoisotopic (exact) mass is 380 g/mol. The van der Waals surface area contributed by atoms with Gasteiger partial charge in [-0.3, -0.25) is 9.59 Å². The smallest absolute Gasteiger partial charge is 0.339 e. The first-order chi connectivity index (χ1) is 13.5. The molecule has 2 aromatic rings. The van der Waals surface area contributed by atoms with E-state index < -0.39 is 11.4 Å². The van der Waals surface area contributed by atoms with E-state index in [1.165, 1.54) is 7.11 Å². The lowest BCUT2D eigenvalue weighted by Crippen LogP contribution is -2.42. The van der Waals surface area contributed by atoms with Crippen LogP contribution >= 0.6 is 0 Å². The number of hydrogen-bond acceptors (Lipinski definition) is 4. The minimum Gasteiger partial charge on any atom is -0.465 e. The third-order valence-electron chi connectivity index (χ3n) is 5.06. The van der Waals surface area contributed by atoms with Crippen molar-refractivity contribution in [1.82, 2.24) is 4.90 Å². The largest absolute Gasteiger partial charge is 0.465 e. The number of nitrogens with one attached hydrogen (secondary N) is 1. The van der Waals surface area contributed by atoms with Crippen LogP contribution in [0.25, 0.3) is 0 Å². The van der Waals surface area contributed by atoms with Crippen LogP contribution in [0, 0.1) is 5.41 Å². The van der Waals surface area contributed by atoms with Crippen LogP contribution in [0.3, 0.4) is 0 Å². The summed E-state index contributed by atoms with van der Waals surface area (Å²) in [5, 5.41) is 2.76. The maximum atomic E-state index is 13.1. The topological polar surface area (TPSA) is 75.7 Å². The second-order valence-electron chi connectivity index (χ2n) is 6.88. The van der Waals surface area contributed by atoms with E-state index in [-0.39, 0.29) is 17.4 Å². The molecule has 0 spiro atoms. The standard InChI is InChI=1S/C22H24N2O4/c1-3-24(15-16-9-5-4-6-10-16)21(27)22(13-14-22)20(26)23-18-12-8-7-11-17(18)19(25)28-2/h4-12H,3,13-15H2,1-2H3,(H,23,26). The molecular formula is C22H24N2O4. The molecule has 1 N–H and O–H groups in total. The van der Waals surface area contributed by atoms with Crippen LogP contribution in [0.2, 0.25) is 0 Å². The van der Waals surface area contributed by atoms with Gasteiger partial charge in [-0.15, -0.1) is 0 Å². The van der Waals surface area contributed by atoms with Crippen LogP contribution in [0.1, 0.15) is 35.7 Å². The second kappa shape index (κ2) is 8.25. The van der Waals surface area contributed by atoms with Crippen molar-refractivity contribution in [1.29, 1.82) is 0 Å². The zero-order chi connectivity index (χ0) is 20.1. The zero-order valence-corrected chi connectivity index (χ0v) is 16.1. The van der Waals surface area contributed by atoms with E-state index in [1.807, 2.05) is 37.3 Å². The molecule has 2 aromatic carbocycles. The molecule has 3 rings (SSSR count). The summed E-state index contributed by atoms with van der Waals surface area (Å²) in [6.45, 7) is 2.88. The Labute approximate surface area is 164 Å². The fourth-order valence-electron chi connectivity index (χ4n) is 3.22. The highest BCUT2D eigenvalue weighted by Crippen LogP contribution is 2.48. The average Bonchev–Trinajstić information content (AvgIpc) is 3.54. The number of para-hydroxylation sites is 1. The molecule has 1 aliphatic rings. The molecule has 1 fully saturated rings. The summed E-state index contributed by atoms with van der Waals surface area (Å²) in [6.07, 6.45) is 1.01. The van der Waals surface area contributed by atoms with Gasteiger partial charge in [-0.05, 0) is 37.5 Å². The van der Waals surface area contributed by atoms with Gasteiger partial charge >= 0.3 is 5.97 Å². The minimum absolute atomic E-state index is 0.174. The number of benzene rings is 2. The number of methoxy groups -OCH3 is 1. The van der Waals surface area contributed by atoms with E-state index >= 15 is 0 Å². The van der Waals surface area contributed by atoms with E-state index in [2.05, 4.69) is 5.32 Å². The van der Waals surface area contributed by atoms with Crippen LogP contribution < -0.4 is 5.32 Å².